The van der Waals surface area contributed by atoms with Crippen molar-refractivity contribution in [3.8, 4) is 0 Å². The van der Waals surface area contributed by atoms with E-state index in [0.29, 0.717) is 0 Å². The zero-order valence-corrected chi connectivity index (χ0v) is 9.86. The van der Waals surface area contributed by atoms with Gasteiger partial charge in [0, 0.05) is 0 Å². The van der Waals surface area contributed by atoms with Gasteiger partial charge in [0.05, 0.1) is 13.7 Å². The summed E-state index contributed by atoms with van der Waals surface area (Å²) in [6, 6.07) is 0. The van der Waals surface area contributed by atoms with Crippen molar-refractivity contribution < 1.29 is 24.2 Å². The van der Waals surface area contributed by atoms with Crippen molar-refractivity contribution in [2.75, 3.05) is 13.7 Å². The van der Waals surface area contributed by atoms with E-state index >= 15 is 0 Å². The molecule has 0 radical (unpaired) electrons. The van der Waals surface area contributed by atoms with E-state index in [2.05, 4.69) is 15.6 Å². The van der Waals surface area contributed by atoms with Gasteiger partial charge in [-0.25, -0.2) is 15.0 Å². The van der Waals surface area contributed by atoms with E-state index in [4.69, 9.17) is 9.84 Å². The van der Waals surface area contributed by atoms with Crippen LogP contribution in [0.3, 0.4) is 0 Å². The summed E-state index contributed by atoms with van der Waals surface area (Å²) in [4.78, 5) is 21.8. The van der Waals surface area contributed by atoms with Gasteiger partial charge in [-0.1, -0.05) is 0 Å². The molecule has 0 bridgehead atoms. The Morgan fingerprint density at radius 2 is 1.94 bits per heavy atom. The molecular formula is C9H18N2O5. The van der Waals surface area contributed by atoms with Gasteiger partial charge >= 0.3 is 12.1 Å². The van der Waals surface area contributed by atoms with Gasteiger partial charge in [0.1, 0.15) is 5.60 Å². The highest BCUT2D eigenvalue weighted by molar-refractivity contribution is 5.74. The summed E-state index contributed by atoms with van der Waals surface area (Å²) in [6.07, 6.45) is -2.02. The number of esters is 1. The van der Waals surface area contributed by atoms with Crippen LogP contribution in [-0.2, 0) is 14.3 Å². The second-order valence-electron chi connectivity index (χ2n) is 4.05. The van der Waals surface area contributed by atoms with Crippen molar-refractivity contribution in [1.82, 2.24) is 10.9 Å². The van der Waals surface area contributed by atoms with Crippen LogP contribution in [0.2, 0.25) is 0 Å². The topological polar surface area (TPSA) is 96.9 Å². The maximum Gasteiger partial charge on any atom is 0.422 e. The van der Waals surface area contributed by atoms with Crippen LogP contribution >= 0.6 is 0 Å². The first-order chi connectivity index (χ1) is 7.26. The summed E-state index contributed by atoms with van der Waals surface area (Å²) in [5.41, 5.74) is 3.91. The Bertz CT molecular complexity index is 249. The van der Waals surface area contributed by atoms with E-state index in [1.54, 1.807) is 20.8 Å². The Morgan fingerprint density at radius 3 is 2.38 bits per heavy atom. The molecular weight excluding hydrogens is 216 g/mol. The number of aliphatic hydroxyl groups excluding tert-OH is 1. The predicted molar refractivity (Wildman–Crippen MR) is 55.4 cm³/mol. The van der Waals surface area contributed by atoms with Crippen molar-refractivity contribution in [2.45, 2.75) is 32.5 Å². The van der Waals surface area contributed by atoms with E-state index in [-0.39, 0.29) is 6.54 Å². The summed E-state index contributed by atoms with van der Waals surface area (Å²) in [5.74, 6) is -0.779. The number of nitrogens with one attached hydrogen (secondary N) is 2. The van der Waals surface area contributed by atoms with E-state index in [1.165, 1.54) is 0 Å². The van der Waals surface area contributed by atoms with Gasteiger partial charge in [-0.3, -0.25) is 5.43 Å². The number of methoxy groups -OCH3 is 1. The molecule has 0 aromatic heterocycles. The zero-order valence-electron chi connectivity index (χ0n) is 9.86. The van der Waals surface area contributed by atoms with E-state index < -0.39 is 23.8 Å². The summed E-state index contributed by atoms with van der Waals surface area (Å²) >= 11 is 0. The molecule has 0 heterocycles. The monoisotopic (exact) mass is 234 g/mol. The molecule has 0 aliphatic rings. The summed E-state index contributed by atoms with van der Waals surface area (Å²) < 4.78 is 9.17. The van der Waals surface area contributed by atoms with Crippen molar-refractivity contribution in [3.63, 3.8) is 0 Å². The number of hydrazine groups is 1. The maximum atomic E-state index is 11.1. The fraction of sp³-hybridized carbons (Fsp3) is 0.778. The molecule has 1 amide bonds. The number of hydrogen-bond acceptors (Lipinski definition) is 6. The minimum absolute atomic E-state index is 0.161. The molecule has 3 N–H and O–H groups in total. The third kappa shape index (κ3) is 7.02. The molecule has 0 saturated carbocycles. The second kappa shape index (κ2) is 6.29. The second-order valence-corrected chi connectivity index (χ2v) is 4.05. The van der Waals surface area contributed by atoms with Crippen LogP contribution in [0.5, 0.6) is 0 Å². The third-order valence-electron chi connectivity index (χ3n) is 1.36. The fourth-order valence-corrected chi connectivity index (χ4v) is 0.743. The minimum atomic E-state index is -1.33. The van der Waals surface area contributed by atoms with Crippen LogP contribution in [0.1, 0.15) is 20.8 Å². The number of amides is 1. The van der Waals surface area contributed by atoms with Gasteiger partial charge in [0.25, 0.3) is 0 Å². The first-order valence-electron chi connectivity index (χ1n) is 4.74. The van der Waals surface area contributed by atoms with Crippen molar-refractivity contribution in [1.29, 1.82) is 0 Å². The van der Waals surface area contributed by atoms with Crippen LogP contribution in [0, 0.1) is 0 Å². The van der Waals surface area contributed by atoms with Crippen LogP contribution < -0.4 is 10.9 Å². The highest BCUT2D eigenvalue weighted by Gasteiger charge is 2.17. The highest BCUT2D eigenvalue weighted by Crippen LogP contribution is 2.05. The molecule has 0 saturated heterocycles. The first kappa shape index (κ1) is 14.7. The van der Waals surface area contributed by atoms with Crippen LogP contribution in [-0.4, -0.2) is 42.5 Å². The Hall–Kier alpha value is -1.34. The summed E-state index contributed by atoms with van der Waals surface area (Å²) in [7, 11) is 1.16. The maximum absolute atomic E-state index is 11.1. The third-order valence-corrected chi connectivity index (χ3v) is 1.36. The summed E-state index contributed by atoms with van der Waals surface area (Å²) in [5, 5.41) is 9.13. The number of hydrogen-bond donors (Lipinski definition) is 3. The highest BCUT2D eigenvalue weighted by atomic mass is 16.6. The van der Waals surface area contributed by atoms with Gasteiger partial charge in [-0.05, 0) is 20.8 Å². The lowest BCUT2D eigenvalue weighted by Crippen LogP contribution is -2.46. The standard InChI is InChI=1S/C9H18N2O5/c1-9(2,3)16-8(14)11-10-5-6(12)7(13)15-4/h6,10,12H,5H2,1-4H3,(H,11,14)/t6-/m1/s1. The van der Waals surface area contributed by atoms with Crippen LogP contribution in [0.4, 0.5) is 4.79 Å². The fourth-order valence-electron chi connectivity index (χ4n) is 0.743. The molecule has 0 aromatic carbocycles. The SMILES string of the molecule is COC(=O)[C@H](O)CNNC(=O)OC(C)(C)C. The normalized spacial score (nSPS) is 12.8. The molecule has 1 atom stereocenters. The number of ether oxygens (including phenoxy) is 2. The molecule has 7 nitrogen and oxygen atoms in total. The van der Waals surface area contributed by atoms with Crippen molar-refractivity contribution in [3.05, 3.63) is 0 Å². The molecule has 0 fully saturated rings. The Kier molecular flexibility index (Phi) is 5.76. The molecule has 0 spiro atoms. The lowest BCUT2D eigenvalue weighted by molar-refractivity contribution is -0.150. The lowest BCUT2D eigenvalue weighted by Gasteiger charge is -2.20. The quantitative estimate of drug-likeness (QED) is 0.450. The zero-order chi connectivity index (χ0) is 12.8. The Morgan fingerprint density at radius 1 is 1.38 bits per heavy atom. The molecule has 0 aliphatic carbocycles. The van der Waals surface area contributed by atoms with E-state index in [1.807, 2.05) is 0 Å². The number of carbonyl (C=O) groups is 2. The van der Waals surface area contributed by atoms with Gasteiger partial charge in [0.2, 0.25) is 0 Å². The van der Waals surface area contributed by atoms with E-state index in [0.717, 1.165) is 7.11 Å². The first-order valence-corrected chi connectivity index (χ1v) is 4.74. The van der Waals surface area contributed by atoms with Gasteiger partial charge in [-0.2, -0.15) is 0 Å². The van der Waals surface area contributed by atoms with Gasteiger partial charge in [0.15, 0.2) is 6.10 Å². The number of rotatable bonds is 4. The molecule has 94 valence electrons. The van der Waals surface area contributed by atoms with Gasteiger partial charge < -0.3 is 14.6 Å². The molecule has 0 unspecified atom stereocenters. The van der Waals surface area contributed by atoms with Crippen molar-refractivity contribution in [2.24, 2.45) is 0 Å². The number of carbonyl (C=O) groups excluding carboxylic acids is 2. The smallest absolute Gasteiger partial charge is 0.422 e. The Balaban J connectivity index is 3.74. The largest absolute Gasteiger partial charge is 0.467 e. The molecule has 16 heavy (non-hydrogen) atoms. The summed E-state index contributed by atoms with van der Waals surface area (Å²) in [6.45, 7) is 4.99. The number of aliphatic hydroxyl groups is 1. The van der Waals surface area contributed by atoms with Crippen molar-refractivity contribution >= 4 is 12.1 Å². The Labute approximate surface area is 94.1 Å². The predicted octanol–water partition coefficient (Wildman–Crippen LogP) is -0.450. The van der Waals surface area contributed by atoms with Gasteiger partial charge in [-0.15, -0.1) is 0 Å². The molecule has 0 rings (SSSR count). The lowest BCUT2D eigenvalue weighted by atomic mass is 10.2. The molecule has 7 heteroatoms. The van der Waals surface area contributed by atoms with Crippen LogP contribution in [0.15, 0.2) is 0 Å². The minimum Gasteiger partial charge on any atom is -0.467 e. The van der Waals surface area contributed by atoms with E-state index in [9.17, 15) is 9.59 Å². The average molecular weight is 234 g/mol. The van der Waals surface area contributed by atoms with Crippen LogP contribution in [0.25, 0.3) is 0 Å². The molecule has 0 aromatic rings. The average Bonchev–Trinajstić information content (AvgIpc) is 2.13. The molecule has 0 aliphatic heterocycles.